The van der Waals surface area contributed by atoms with E-state index in [2.05, 4.69) is 0 Å². The molecule has 42 valence electrons. The van der Waals surface area contributed by atoms with Gasteiger partial charge in [0.1, 0.15) is 0 Å². The molecule has 0 aliphatic carbocycles. The van der Waals surface area contributed by atoms with Crippen LogP contribution in [0.5, 0.6) is 0 Å². The van der Waals surface area contributed by atoms with E-state index in [4.69, 9.17) is 0 Å². The molecule has 0 heterocycles. The van der Waals surface area contributed by atoms with Gasteiger partial charge >= 0.3 is 88.2 Å². The van der Waals surface area contributed by atoms with Crippen molar-refractivity contribution in [3.8, 4) is 0 Å². The summed E-state index contributed by atoms with van der Waals surface area (Å²) in [6.07, 6.45) is 0. The van der Waals surface area contributed by atoms with Crippen molar-refractivity contribution in [3.05, 3.63) is 0 Å². The molecule has 0 fully saturated rings. The average molecular weight is 477 g/mol. The van der Waals surface area contributed by atoms with Gasteiger partial charge in [-0.25, -0.2) is 0 Å². The molecule has 0 bridgehead atoms. The van der Waals surface area contributed by atoms with E-state index < -0.39 is 0 Å². The molecule has 0 aromatic rings. The average Bonchev–Trinajstić information content (AvgIpc) is 0. The third-order valence-corrected chi connectivity index (χ3v) is 0. The van der Waals surface area contributed by atoms with Crippen LogP contribution in [0.2, 0.25) is 0 Å². The minimum atomic E-state index is 0. The summed E-state index contributed by atoms with van der Waals surface area (Å²) < 4.78 is 0. The Hall–Kier alpha value is 2.73. The van der Waals surface area contributed by atoms with E-state index in [1.165, 1.54) is 0 Å². The Bertz CT molecular complexity index is 16.0. The SMILES string of the molecule is [Bi+3].[Li+].[O-2].[O-2].[O-2].[O-2].[TeH4+2].[Zn+2]. The maximum Gasteiger partial charge on any atom is 2.00 e. The summed E-state index contributed by atoms with van der Waals surface area (Å²) in [4.78, 5) is 0. The summed E-state index contributed by atoms with van der Waals surface area (Å²) in [7, 11) is 0. The van der Waals surface area contributed by atoms with E-state index in [0.717, 1.165) is 0 Å². The first-order valence-corrected chi connectivity index (χ1v) is 0. The Morgan fingerprint density at radius 1 is 0.625 bits per heavy atom. The Kier molecular flexibility index (Phi) is 1690. The van der Waals surface area contributed by atoms with Gasteiger partial charge < -0.3 is 21.9 Å². The van der Waals surface area contributed by atoms with Gasteiger partial charge in [-0.05, 0) is 0 Å². The van der Waals surface area contributed by atoms with Crippen LogP contribution >= 0.6 is 0 Å². The van der Waals surface area contributed by atoms with Crippen LogP contribution in [0.15, 0.2) is 0 Å². The van der Waals surface area contributed by atoms with Crippen LogP contribution in [0.3, 0.4) is 0 Å². The normalized spacial score (nSPS) is 0. The second-order valence-corrected chi connectivity index (χ2v) is 0. The molecule has 0 atom stereocenters. The van der Waals surface area contributed by atoms with Gasteiger partial charge in [-0.3, -0.25) is 0 Å². The van der Waals surface area contributed by atoms with Crippen molar-refractivity contribution < 1.29 is 60.2 Å². The van der Waals surface area contributed by atoms with Crippen LogP contribution in [0, 0.1) is 0 Å². The van der Waals surface area contributed by atoms with Gasteiger partial charge in [0.2, 0.25) is 0 Å². The topological polar surface area (TPSA) is 114 Å². The molecule has 2 radical (unpaired) electrons. The van der Waals surface area contributed by atoms with Crippen molar-refractivity contribution in [1.29, 1.82) is 0 Å². The molecular formula is H4BiLiO4TeZn. The maximum atomic E-state index is 0. The van der Waals surface area contributed by atoms with Crippen LogP contribution in [0.4, 0.5) is 0 Å². The van der Waals surface area contributed by atoms with Crippen molar-refractivity contribution in [1.82, 2.24) is 0 Å². The first kappa shape index (κ1) is 136. The van der Waals surface area contributed by atoms with Gasteiger partial charge in [0.15, 0.2) is 0 Å². The summed E-state index contributed by atoms with van der Waals surface area (Å²) >= 11 is 0. The van der Waals surface area contributed by atoms with Crippen molar-refractivity contribution in [3.63, 3.8) is 0 Å². The molecule has 0 spiro atoms. The van der Waals surface area contributed by atoms with Crippen molar-refractivity contribution >= 4 is 49.9 Å². The monoisotopic (exact) mass is 478 g/mol. The molecule has 0 saturated heterocycles. The molecule has 0 aromatic carbocycles. The van der Waals surface area contributed by atoms with Crippen LogP contribution in [0.25, 0.3) is 0 Å². The molecule has 0 N–H and O–H groups in total. The minimum Gasteiger partial charge on any atom is 2.00 e. The molecule has 0 amide bonds. The summed E-state index contributed by atoms with van der Waals surface area (Å²) in [5, 5.41) is 0. The van der Waals surface area contributed by atoms with Gasteiger partial charge in [-0.15, -0.1) is 0 Å². The zero-order chi connectivity index (χ0) is 0. The van der Waals surface area contributed by atoms with Crippen LogP contribution in [-0.2, 0) is 41.4 Å². The molecule has 4 nitrogen and oxygen atoms in total. The Morgan fingerprint density at radius 2 is 0.625 bits per heavy atom. The quantitative estimate of drug-likeness (QED) is 0.311. The second-order valence-electron chi connectivity index (χ2n) is 0. The van der Waals surface area contributed by atoms with E-state index in [-0.39, 0.29) is 110 Å². The van der Waals surface area contributed by atoms with Gasteiger partial charge in [0.05, 0.1) is 0 Å². The largest absolute Gasteiger partial charge is 2.00 e. The maximum absolute atomic E-state index is 0. The smallest absolute Gasteiger partial charge is 2.00 e. The zero-order valence-electron chi connectivity index (χ0n) is 4.49. The molecule has 0 aliphatic rings. The molecule has 0 rings (SSSR count). The van der Waals surface area contributed by atoms with Crippen LogP contribution in [-0.4, -0.2) is 49.9 Å². The Balaban J connectivity index is 0. The number of rotatable bonds is 0. The summed E-state index contributed by atoms with van der Waals surface area (Å²) in [5.74, 6) is 0. The van der Waals surface area contributed by atoms with Gasteiger partial charge in [0, 0.05) is 0 Å². The molecule has 8 heteroatoms. The fraction of sp³-hybridized carbons (Fsp3) is 0. The van der Waals surface area contributed by atoms with E-state index in [0.29, 0.717) is 0 Å². The zero-order valence-corrected chi connectivity index (χ0v) is 15.0. The molecule has 0 aliphatic heterocycles. The van der Waals surface area contributed by atoms with Gasteiger partial charge in [-0.1, -0.05) is 0 Å². The standard InChI is InChI=1S/Bi.Li.4O.H4Te.Zn/h;;;;;;1H4;/q+3;+1;4*-2;2*+2. The van der Waals surface area contributed by atoms with Crippen LogP contribution in [0.1, 0.15) is 0 Å². The first-order chi connectivity index (χ1) is 0. The third-order valence-electron chi connectivity index (χ3n) is 0. The molecule has 0 aromatic heterocycles. The molecule has 0 unspecified atom stereocenters. The van der Waals surface area contributed by atoms with E-state index >= 15 is 0 Å². The minimum absolute atomic E-state index is 0. The molecular weight excluding hydrogens is 473 g/mol. The van der Waals surface area contributed by atoms with E-state index in [9.17, 15) is 0 Å². The third kappa shape index (κ3) is 69.9. The summed E-state index contributed by atoms with van der Waals surface area (Å²) in [6.45, 7) is 0. The van der Waals surface area contributed by atoms with Gasteiger partial charge in [-0.2, -0.15) is 0 Å². The Morgan fingerprint density at radius 3 is 0.625 bits per heavy atom. The first-order valence-electron chi connectivity index (χ1n) is 0. The van der Waals surface area contributed by atoms with Crippen LogP contribution < -0.4 is 18.9 Å². The molecule has 8 heavy (non-hydrogen) atoms. The van der Waals surface area contributed by atoms with Crippen molar-refractivity contribution in [2.75, 3.05) is 0 Å². The van der Waals surface area contributed by atoms with E-state index in [1.807, 2.05) is 0 Å². The predicted molar refractivity (Wildman–Crippen MR) is 19.8 cm³/mol. The predicted octanol–water partition coefficient (Wildman–Crippen LogP) is -5.31. The summed E-state index contributed by atoms with van der Waals surface area (Å²) in [6, 6.07) is 0. The number of hydrogen-bond donors (Lipinski definition) is 0. The second kappa shape index (κ2) is 99.4. The molecule has 0 saturated carbocycles. The van der Waals surface area contributed by atoms with Crippen molar-refractivity contribution in [2.24, 2.45) is 0 Å². The van der Waals surface area contributed by atoms with Crippen molar-refractivity contribution in [2.45, 2.75) is 0 Å². The fourth-order valence-electron chi connectivity index (χ4n) is 0. The number of hydrogen-bond acceptors (Lipinski definition) is 0. The van der Waals surface area contributed by atoms with E-state index in [1.54, 1.807) is 0 Å². The van der Waals surface area contributed by atoms with Gasteiger partial charge in [0.25, 0.3) is 0 Å². The fourth-order valence-corrected chi connectivity index (χ4v) is 0. The Labute approximate surface area is 109 Å². The summed E-state index contributed by atoms with van der Waals surface area (Å²) in [5.41, 5.74) is 0.